The highest BCUT2D eigenvalue weighted by molar-refractivity contribution is 7.80. The van der Waals surface area contributed by atoms with Crippen molar-refractivity contribution in [1.82, 2.24) is 4.90 Å². The van der Waals surface area contributed by atoms with Gasteiger partial charge in [0.2, 0.25) is 0 Å². The number of ether oxygens (including phenoxy) is 2. The molecule has 0 aromatic heterocycles. The van der Waals surface area contributed by atoms with Crippen LogP contribution in [0.15, 0.2) is 42.5 Å². The molecule has 3 rings (SSSR count). The molecule has 6 heteroatoms. The van der Waals surface area contributed by atoms with E-state index in [1.807, 2.05) is 61.3 Å². The molecule has 0 spiro atoms. The van der Waals surface area contributed by atoms with Gasteiger partial charge in [-0.1, -0.05) is 29.8 Å². The molecule has 1 heterocycles. The zero-order valence-electron chi connectivity index (χ0n) is 13.6. The third kappa shape index (κ3) is 3.91. The first-order chi connectivity index (χ1) is 11.5. The van der Waals surface area contributed by atoms with E-state index in [1.165, 1.54) is 0 Å². The van der Waals surface area contributed by atoms with E-state index in [2.05, 4.69) is 5.32 Å². The van der Waals surface area contributed by atoms with Gasteiger partial charge in [-0.3, -0.25) is 0 Å². The van der Waals surface area contributed by atoms with Crippen LogP contribution in [0.25, 0.3) is 0 Å². The average molecular weight is 363 g/mol. The third-order valence-electron chi connectivity index (χ3n) is 3.81. The van der Waals surface area contributed by atoms with Crippen molar-refractivity contribution in [3.63, 3.8) is 0 Å². The minimum Gasteiger partial charge on any atom is -0.486 e. The lowest BCUT2D eigenvalue weighted by Gasteiger charge is -2.30. The molecule has 1 aliphatic rings. The number of thiocarbonyl (C=S) groups is 1. The van der Waals surface area contributed by atoms with Gasteiger partial charge in [0.05, 0.1) is 6.54 Å². The van der Waals surface area contributed by atoms with E-state index in [9.17, 15) is 0 Å². The maximum absolute atomic E-state index is 6.15. The summed E-state index contributed by atoms with van der Waals surface area (Å²) in [5, 5.41) is 4.52. The summed E-state index contributed by atoms with van der Waals surface area (Å²) in [5.74, 6) is 1.55. The predicted molar refractivity (Wildman–Crippen MR) is 101 cm³/mol. The SMILES string of the molecule is Cc1ccc(NC(=S)N(C)C[C@H]2COc3ccccc3O2)cc1Cl. The number of hydrogen-bond acceptors (Lipinski definition) is 3. The van der Waals surface area contributed by atoms with Gasteiger partial charge in [0, 0.05) is 17.8 Å². The van der Waals surface area contributed by atoms with Gasteiger partial charge >= 0.3 is 0 Å². The fourth-order valence-corrected chi connectivity index (χ4v) is 2.80. The number of aryl methyl sites for hydroxylation is 1. The number of hydrogen-bond donors (Lipinski definition) is 1. The molecule has 0 fully saturated rings. The molecule has 2 aromatic rings. The number of rotatable bonds is 3. The van der Waals surface area contributed by atoms with Crippen LogP contribution in [0.5, 0.6) is 11.5 Å². The summed E-state index contributed by atoms with van der Waals surface area (Å²) < 4.78 is 11.7. The van der Waals surface area contributed by atoms with Crippen LogP contribution in [0.3, 0.4) is 0 Å². The van der Waals surface area contributed by atoms with E-state index in [0.29, 0.717) is 23.3 Å². The van der Waals surface area contributed by atoms with Crippen molar-refractivity contribution in [1.29, 1.82) is 0 Å². The molecule has 0 aliphatic carbocycles. The zero-order chi connectivity index (χ0) is 17.1. The Morgan fingerprint density at radius 3 is 2.79 bits per heavy atom. The van der Waals surface area contributed by atoms with Gasteiger partial charge in [-0.05, 0) is 49.0 Å². The largest absolute Gasteiger partial charge is 0.486 e. The normalized spacial score (nSPS) is 15.7. The molecule has 0 unspecified atom stereocenters. The van der Waals surface area contributed by atoms with Crippen LogP contribution in [0.4, 0.5) is 5.69 Å². The van der Waals surface area contributed by atoms with Crippen molar-refractivity contribution < 1.29 is 9.47 Å². The minimum absolute atomic E-state index is 0.0775. The Hall–Kier alpha value is -1.98. The van der Waals surface area contributed by atoms with Crippen molar-refractivity contribution in [2.75, 3.05) is 25.5 Å². The van der Waals surface area contributed by atoms with Crippen LogP contribution in [0.1, 0.15) is 5.56 Å². The second kappa shape index (κ2) is 7.28. The molecule has 0 amide bonds. The predicted octanol–water partition coefficient (Wildman–Crippen LogP) is 4.12. The van der Waals surface area contributed by atoms with Crippen molar-refractivity contribution in [2.24, 2.45) is 0 Å². The van der Waals surface area contributed by atoms with Gasteiger partial charge in [0.25, 0.3) is 0 Å². The second-order valence-electron chi connectivity index (χ2n) is 5.77. The van der Waals surface area contributed by atoms with Crippen molar-refractivity contribution in [3.8, 4) is 11.5 Å². The van der Waals surface area contributed by atoms with Gasteiger partial charge in [-0.15, -0.1) is 0 Å². The van der Waals surface area contributed by atoms with Crippen molar-refractivity contribution >= 4 is 34.6 Å². The number of para-hydroxylation sites is 2. The number of nitrogens with one attached hydrogen (secondary N) is 1. The number of halogens is 1. The molecule has 0 saturated heterocycles. The summed E-state index contributed by atoms with van der Waals surface area (Å²) in [6, 6.07) is 13.5. The minimum atomic E-state index is -0.0775. The zero-order valence-corrected chi connectivity index (χ0v) is 15.2. The number of nitrogens with zero attached hydrogens (tertiary/aromatic N) is 1. The highest BCUT2D eigenvalue weighted by Crippen LogP contribution is 2.31. The highest BCUT2D eigenvalue weighted by Gasteiger charge is 2.22. The summed E-state index contributed by atoms with van der Waals surface area (Å²) in [4.78, 5) is 1.94. The van der Waals surface area contributed by atoms with Crippen molar-refractivity contribution in [2.45, 2.75) is 13.0 Å². The quantitative estimate of drug-likeness (QED) is 0.831. The molecular formula is C18H19ClN2O2S. The third-order valence-corrected chi connectivity index (χ3v) is 4.64. The monoisotopic (exact) mass is 362 g/mol. The molecule has 24 heavy (non-hydrogen) atoms. The van der Waals surface area contributed by atoms with E-state index in [1.54, 1.807) is 0 Å². The fourth-order valence-electron chi connectivity index (χ4n) is 2.43. The average Bonchev–Trinajstić information content (AvgIpc) is 2.58. The molecule has 0 saturated carbocycles. The Balaban J connectivity index is 1.57. The van der Waals surface area contributed by atoms with Gasteiger partial charge < -0.3 is 19.7 Å². The summed E-state index contributed by atoms with van der Waals surface area (Å²) in [6.45, 7) is 3.09. The first kappa shape index (κ1) is 16.9. The van der Waals surface area contributed by atoms with Gasteiger partial charge in [0.1, 0.15) is 6.61 Å². The summed E-state index contributed by atoms with van der Waals surface area (Å²) >= 11 is 11.6. The number of likely N-dealkylation sites (N-methyl/N-ethyl adjacent to an activating group) is 1. The van der Waals surface area contributed by atoms with Crippen molar-refractivity contribution in [3.05, 3.63) is 53.1 Å². The lowest BCUT2D eigenvalue weighted by Crippen LogP contribution is -2.43. The maximum Gasteiger partial charge on any atom is 0.173 e. The molecule has 4 nitrogen and oxygen atoms in total. The van der Waals surface area contributed by atoms with E-state index in [4.69, 9.17) is 33.3 Å². The molecule has 2 aromatic carbocycles. The Bertz CT molecular complexity index is 754. The molecular weight excluding hydrogens is 344 g/mol. The number of fused-ring (bicyclic) bond motifs is 1. The van der Waals surface area contributed by atoms with Crippen LogP contribution in [-0.4, -0.2) is 36.3 Å². The van der Waals surface area contributed by atoms with E-state index >= 15 is 0 Å². The van der Waals surface area contributed by atoms with E-state index in [0.717, 1.165) is 22.7 Å². The standard InChI is InChI=1S/C18H19ClN2O2S/c1-12-7-8-13(9-15(12)19)20-18(24)21(2)10-14-11-22-16-5-3-4-6-17(16)23-14/h3-9,14H,10-11H2,1-2H3,(H,20,24)/t14-/m0/s1. The van der Waals surface area contributed by atoms with Gasteiger partial charge in [-0.25, -0.2) is 0 Å². The van der Waals surface area contributed by atoms with Crippen LogP contribution in [0.2, 0.25) is 5.02 Å². The molecule has 1 atom stereocenters. The fraction of sp³-hybridized carbons (Fsp3) is 0.278. The van der Waals surface area contributed by atoms with Crippen LogP contribution in [0, 0.1) is 6.92 Å². The molecule has 0 bridgehead atoms. The summed E-state index contributed by atoms with van der Waals surface area (Å²) in [5.41, 5.74) is 1.90. The molecule has 0 radical (unpaired) electrons. The summed E-state index contributed by atoms with van der Waals surface area (Å²) in [7, 11) is 1.93. The Morgan fingerprint density at radius 1 is 1.29 bits per heavy atom. The molecule has 1 aliphatic heterocycles. The van der Waals surface area contributed by atoms with Gasteiger partial charge in [-0.2, -0.15) is 0 Å². The Morgan fingerprint density at radius 2 is 2.04 bits per heavy atom. The van der Waals surface area contributed by atoms with E-state index < -0.39 is 0 Å². The number of anilines is 1. The van der Waals surface area contributed by atoms with Crippen LogP contribution >= 0.6 is 23.8 Å². The Labute approximate surface area is 152 Å². The lowest BCUT2D eigenvalue weighted by atomic mass is 10.2. The van der Waals surface area contributed by atoms with Gasteiger partial charge in [0.15, 0.2) is 22.7 Å². The first-order valence-electron chi connectivity index (χ1n) is 7.69. The Kier molecular flexibility index (Phi) is 5.11. The topological polar surface area (TPSA) is 33.7 Å². The molecule has 1 N–H and O–H groups in total. The molecule has 126 valence electrons. The second-order valence-corrected chi connectivity index (χ2v) is 6.57. The summed E-state index contributed by atoms with van der Waals surface area (Å²) in [6.07, 6.45) is -0.0775. The lowest BCUT2D eigenvalue weighted by molar-refractivity contribution is 0.0784. The maximum atomic E-state index is 6.15. The van der Waals surface area contributed by atoms with E-state index in [-0.39, 0.29) is 6.10 Å². The smallest absolute Gasteiger partial charge is 0.173 e. The first-order valence-corrected chi connectivity index (χ1v) is 8.48. The highest BCUT2D eigenvalue weighted by atomic mass is 35.5. The van der Waals surface area contributed by atoms with Crippen LogP contribution in [-0.2, 0) is 0 Å². The van der Waals surface area contributed by atoms with Crippen LogP contribution < -0.4 is 14.8 Å². The number of benzene rings is 2.